The van der Waals surface area contributed by atoms with Gasteiger partial charge in [-0.2, -0.15) is 13.2 Å². The molecule has 0 radical (unpaired) electrons. The number of aromatic nitrogens is 1. The minimum absolute atomic E-state index is 0.112. The average Bonchev–Trinajstić information content (AvgIpc) is 2.85. The van der Waals surface area contributed by atoms with Crippen molar-refractivity contribution in [2.75, 3.05) is 11.9 Å². The Morgan fingerprint density at radius 1 is 1.45 bits per heavy atom. The van der Waals surface area contributed by atoms with E-state index in [0.717, 1.165) is 6.07 Å². The van der Waals surface area contributed by atoms with Crippen molar-refractivity contribution in [2.45, 2.75) is 38.4 Å². The molecular weight excluding hydrogens is 299 g/mol. The number of nitrogens with one attached hydrogen (secondary N) is 1. The quantitative estimate of drug-likeness (QED) is 0.928. The van der Waals surface area contributed by atoms with Crippen LogP contribution in [0.5, 0.6) is 0 Å². The number of likely N-dealkylation sites (tertiary alicyclic amines) is 1. The van der Waals surface area contributed by atoms with Crippen LogP contribution in [0.25, 0.3) is 0 Å². The van der Waals surface area contributed by atoms with Crippen molar-refractivity contribution < 1.29 is 22.8 Å². The number of carbonyl (C=O) groups is 2. The maximum absolute atomic E-state index is 12.6. The molecule has 22 heavy (non-hydrogen) atoms. The summed E-state index contributed by atoms with van der Waals surface area (Å²) in [4.78, 5) is 28.8. The van der Waals surface area contributed by atoms with Gasteiger partial charge in [-0.3, -0.25) is 9.59 Å². The first-order valence-electron chi connectivity index (χ1n) is 6.97. The molecule has 8 heteroatoms. The highest BCUT2D eigenvalue weighted by atomic mass is 19.4. The molecule has 0 aromatic carbocycles. The van der Waals surface area contributed by atoms with Crippen LogP contribution < -0.4 is 5.32 Å². The van der Waals surface area contributed by atoms with E-state index in [0.29, 0.717) is 25.8 Å². The lowest BCUT2D eigenvalue weighted by Crippen LogP contribution is -2.44. The SMILES string of the molecule is CC[C@H](C(=O)Nc1cccc(C(F)(F)F)n1)N1CCCC1=O. The number of carbonyl (C=O) groups excluding carboxylic acids is 2. The molecule has 2 heterocycles. The molecule has 2 rings (SSSR count). The van der Waals surface area contributed by atoms with Gasteiger partial charge in [0.15, 0.2) is 0 Å². The molecular formula is C14H16F3N3O2. The highest BCUT2D eigenvalue weighted by Gasteiger charge is 2.34. The van der Waals surface area contributed by atoms with Crippen molar-refractivity contribution in [3.05, 3.63) is 23.9 Å². The summed E-state index contributed by atoms with van der Waals surface area (Å²) in [6.07, 6.45) is -3.11. The van der Waals surface area contributed by atoms with Crippen LogP contribution in [0.3, 0.4) is 0 Å². The first-order chi connectivity index (χ1) is 10.3. The third-order valence-corrected chi connectivity index (χ3v) is 3.47. The van der Waals surface area contributed by atoms with Gasteiger partial charge in [0.05, 0.1) is 0 Å². The first-order valence-corrected chi connectivity index (χ1v) is 6.97. The van der Waals surface area contributed by atoms with Crippen molar-refractivity contribution >= 4 is 17.6 Å². The molecule has 2 amide bonds. The molecule has 0 aliphatic carbocycles. The van der Waals surface area contributed by atoms with E-state index in [-0.39, 0.29) is 11.7 Å². The molecule has 0 unspecified atom stereocenters. The molecule has 1 aromatic rings. The fourth-order valence-corrected chi connectivity index (χ4v) is 2.42. The number of alkyl halides is 3. The highest BCUT2D eigenvalue weighted by molar-refractivity contribution is 5.96. The Labute approximate surface area is 125 Å². The van der Waals surface area contributed by atoms with E-state index >= 15 is 0 Å². The predicted octanol–water partition coefficient (Wildman–Crippen LogP) is 2.44. The molecule has 1 fully saturated rings. The van der Waals surface area contributed by atoms with Crippen LogP contribution in [-0.4, -0.2) is 34.3 Å². The number of rotatable bonds is 4. The molecule has 1 aliphatic rings. The second-order valence-electron chi connectivity index (χ2n) is 5.01. The van der Waals surface area contributed by atoms with Crippen molar-refractivity contribution in [2.24, 2.45) is 0 Å². The van der Waals surface area contributed by atoms with E-state index in [1.807, 2.05) is 0 Å². The molecule has 1 saturated heterocycles. The minimum Gasteiger partial charge on any atom is -0.331 e. The smallest absolute Gasteiger partial charge is 0.331 e. The number of halogens is 3. The van der Waals surface area contributed by atoms with Crippen LogP contribution in [0.1, 0.15) is 31.9 Å². The van der Waals surface area contributed by atoms with Gasteiger partial charge in [-0.1, -0.05) is 13.0 Å². The van der Waals surface area contributed by atoms with E-state index in [1.165, 1.54) is 17.0 Å². The summed E-state index contributed by atoms with van der Waals surface area (Å²) in [5.74, 6) is -0.812. The van der Waals surface area contributed by atoms with Gasteiger partial charge in [-0.15, -0.1) is 0 Å². The third-order valence-electron chi connectivity index (χ3n) is 3.47. The summed E-state index contributed by atoms with van der Waals surface area (Å²) in [6.45, 7) is 2.23. The van der Waals surface area contributed by atoms with Gasteiger partial charge in [0.2, 0.25) is 11.8 Å². The third kappa shape index (κ3) is 3.55. The lowest BCUT2D eigenvalue weighted by molar-refractivity contribution is -0.141. The summed E-state index contributed by atoms with van der Waals surface area (Å²) in [5, 5.41) is 2.36. The fourth-order valence-electron chi connectivity index (χ4n) is 2.42. The Bertz CT molecular complexity index is 575. The summed E-state index contributed by atoms with van der Waals surface area (Å²) in [6, 6.07) is 2.60. The summed E-state index contributed by atoms with van der Waals surface area (Å²) >= 11 is 0. The molecule has 0 bridgehead atoms. The van der Waals surface area contributed by atoms with E-state index in [9.17, 15) is 22.8 Å². The summed E-state index contributed by atoms with van der Waals surface area (Å²) in [7, 11) is 0. The molecule has 0 spiro atoms. The number of pyridine rings is 1. The van der Waals surface area contributed by atoms with Crippen LogP contribution in [-0.2, 0) is 15.8 Å². The lowest BCUT2D eigenvalue weighted by Gasteiger charge is -2.25. The van der Waals surface area contributed by atoms with Crippen LogP contribution >= 0.6 is 0 Å². The van der Waals surface area contributed by atoms with Gasteiger partial charge in [0.1, 0.15) is 17.6 Å². The van der Waals surface area contributed by atoms with E-state index in [1.54, 1.807) is 6.92 Å². The van der Waals surface area contributed by atoms with Crippen molar-refractivity contribution in [3.63, 3.8) is 0 Å². The largest absolute Gasteiger partial charge is 0.433 e. The van der Waals surface area contributed by atoms with Crippen LogP contribution in [0.15, 0.2) is 18.2 Å². The number of amides is 2. The van der Waals surface area contributed by atoms with Gasteiger partial charge < -0.3 is 10.2 Å². The Kier molecular flexibility index (Phi) is 4.68. The molecule has 5 nitrogen and oxygen atoms in total. The number of nitrogens with zero attached hydrogens (tertiary/aromatic N) is 2. The Morgan fingerprint density at radius 2 is 2.18 bits per heavy atom. The second kappa shape index (κ2) is 6.33. The predicted molar refractivity (Wildman–Crippen MR) is 72.9 cm³/mol. The minimum atomic E-state index is -4.57. The fraction of sp³-hybridized carbons (Fsp3) is 0.500. The van der Waals surface area contributed by atoms with Gasteiger partial charge >= 0.3 is 6.18 Å². The molecule has 0 saturated carbocycles. The van der Waals surface area contributed by atoms with E-state index < -0.39 is 23.8 Å². The molecule has 1 N–H and O–H groups in total. The van der Waals surface area contributed by atoms with Crippen LogP contribution in [0.4, 0.5) is 19.0 Å². The van der Waals surface area contributed by atoms with Crippen molar-refractivity contribution in [1.82, 2.24) is 9.88 Å². The molecule has 1 atom stereocenters. The van der Waals surface area contributed by atoms with Gasteiger partial charge in [0, 0.05) is 13.0 Å². The summed E-state index contributed by atoms with van der Waals surface area (Å²) < 4.78 is 37.8. The first kappa shape index (κ1) is 16.3. The standard InChI is InChI=1S/C14H16F3N3O2/c1-2-9(20-8-4-7-12(20)21)13(22)19-11-6-3-5-10(18-11)14(15,16)17/h3,5-6,9H,2,4,7-8H2,1H3,(H,18,19,22)/t9-/m1/s1. The zero-order valence-electron chi connectivity index (χ0n) is 12.0. The van der Waals surface area contributed by atoms with Gasteiger partial charge in [0.25, 0.3) is 0 Å². The number of hydrogen-bond donors (Lipinski definition) is 1. The van der Waals surface area contributed by atoms with Crippen LogP contribution in [0, 0.1) is 0 Å². The average molecular weight is 315 g/mol. The van der Waals surface area contributed by atoms with E-state index in [4.69, 9.17) is 0 Å². The number of hydrogen-bond acceptors (Lipinski definition) is 3. The van der Waals surface area contributed by atoms with Crippen LogP contribution in [0.2, 0.25) is 0 Å². The zero-order valence-corrected chi connectivity index (χ0v) is 12.0. The maximum Gasteiger partial charge on any atom is 0.433 e. The topological polar surface area (TPSA) is 62.3 Å². The molecule has 1 aliphatic heterocycles. The maximum atomic E-state index is 12.6. The second-order valence-corrected chi connectivity index (χ2v) is 5.01. The van der Waals surface area contributed by atoms with Gasteiger partial charge in [-0.05, 0) is 25.0 Å². The Balaban J connectivity index is 2.12. The van der Waals surface area contributed by atoms with Crippen molar-refractivity contribution in [3.8, 4) is 0 Å². The molecule has 120 valence electrons. The van der Waals surface area contributed by atoms with E-state index in [2.05, 4.69) is 10.3 Å². The Hall–Kier alpha value is -2.12. The highest BCUT2D eigenvalue weighted by Crippen LogP contribution is 2.28. The normalized spacial score (nSPS) is 16.7. The monoisotopic (exact) mass is 315 g/mol. The number of anilines is 1. The summed E-state index contributed by atoms with van der Waals surface area (Å²) in [5.41, 5.74) is -1.07. The molecule has 1 aromatic heterocycles. The Morgan fingerprint density at radius 3 is 2.73 bits per heavy atom. The van der Waals surface area contributed by atoms with Crippen molar-refractivity contribution in [1.29, 1.82) is 0 Å². The van der Waals surface area contributed by atoms with Gasteiger partial charge in [-0.25, -0.2) is 4.98 Å². The zero-order chi connectivity index (χ0) is 16.3. The lowest BCUT2D eigenvalue weighted by atomic mass is 10.2.